The Morgan fingerprint density at radius 2 is 1.89 bits per heavy atom. The Morgan fingerprint density at radius 1 is 1.14 bits per heavy atom. The van der Waals surface area contributed by atoms with Crippen LogP contribution in [0.1, 0.15) is 49.7 Å². The molecule has 7 nitrogen and oxygen atoms in total. The molecule has 0 radical (unpaired) electrons. The number of esters is 1. The fourth-order valence-electron chi connectivity index (χ4n) is 4.93. The molecule has 1 aliphatic carbocycles. The van der Waals surface area contributed by atoms with Crippen LogP contribution >= 0.6 is 15.9 Å². The standard InChI is InChI=1S/C28H30BrNO6/c1-4-35-23-15-19(12-20(29)27(23)32)25-24(28(33)36-11-10-34-3)16(2)30-21-13-18(14-22(31)26(21)25)17-8-6-5-7-9-17/h5-9,12,15,18,25,30,32H,4,10-11,13-14H2,1-3H3/t18-,25+/m0/s1. The minimum absolute atomic E-state index is 0.0283. The second-order valence-electron chi connectivity index (χ2n) is 8.84. The molecule has 2 N–H and O–H groups in total. The number of Topliss-reactive ketones (excluding diaryl/α,β-unsaturated/α-hetero) is 1. The number of phenolic OH excluding ortho intramolecular Hbond substituents is 1. The molecule has 2 aliphatic rings. The molecule has 0 spiro atoms. The molecule has 0 unspecified atom stereocenters. The molecule has 0 aromatic heterocycles. The van der Waals surface area contributed by atoms with E-state index in [1.807, 2.05) is 44.2 Å². The highest BCUT2D eigenvalue weighted by Crippen LogP contribution is 2.48. The van der Waals surface area contributed by atoms with Crippen molar-refractivity contribution >= 4 is 27.7 Å². The number of dihydropyridines is 1. The predicted octanol–water partition coefficient (Wildman–Crippen LogP) is 5.10. The second-order valence-corrected chi connectivity index (χ2v) is 9.69. The number of hydrogen-bond acceptors (Lipinski definition) is 7. The number of allylic oxidation sites excluding steroid dienone is 3. The Balaban J connectivity index is 1.82. The number of carbonyl (C=O) groups is 2. The summed E-state index contributed by atoms with van der Waals surface area (Å²) < 4.78 is 16.6. The molecule has 2 aromatic carbocycles. The van der Waals surface area contributed by atoms with Crippen molar-refractivity contribution < 1.29 is 28.9 Å². The fraction of sp³-hybridized carbons (Fsp3) is 0.357. The summed E-state index contributed by atoms with van der Waals surface area (Å²) in [7, 11) is 1.54. The lowest BCUT2D eigenvalue weighted by Crippen LogP contribution is -2.36. The van der Waals surface area contributed by atoms with Gasteiger partial charge in [0.25, 0.3) is 0 Å². The van der Waals surface area contributed by atoms with Crippen molar-refractivity contribution in [1.29, 1.82) is 0 Å². The SMILES string of the molecule is CCOc1cc([C@@H]2C(C(=O)OCCOC)=C(C)NC3=C2C(=O)C[C@@H](c2ccccc2)C3)cc(Br)c1O. The van der Waals surface area contributed by atoms with Crippen LogP contribution in [0.4, 0.5) is 0 Å². The molecular weight excluding hydrogens is 526 g/mol. The molecule has 0 saturated heterocycles. The van der Waals surface area contributed by atoms with Gasteiger partial charge in [0.1, 0.15) is 6.61 Å². The van der Waals surface area contributed by atoms with E-state index in [9.17, 15) is 14.7 Å². The molecule has 8 heteroatoms. The van der Waals surface area contributed by atoms with Crippen LogP contribution < -0.4 is 10.1 Å². The number of carbonyl (C=O) groups excluding carboxylic acids is 2. The molecule has 0 saturated carbocycles. The maximum Gasteiger partial charge on any atom is 0.336 e. The van der Waals surface area contributed by atoms with Gasteiger partial charge in [0, 0.05) is 36.4 Å². The van der Waals surface area contributed by atoms with E-state index in [2.05, 4.69) is 21.2 Å². The molecule has 36 heavy (non-hydrogen) atoms. The fourth-order valence-corrected chi connectivity index (χ4v) is 5.38. The number of methoxy groups -OCH3 is 1. The number of hydrogen-bond donors (Lipinski definition) is 2. The zero-order valence-corrected chi connectivity index (χ0v) is 22.2. The lowest BCUT2D eigenvalue weighted by molar-refractivity contribution is -0.140. The maximum absolute atomic E-state index is 13.7. The van der Waals surface area contributed by atoms with Crippen LogP contribution in [-0.4, -0.2) is 43.8 Å². The molecule has 0 amide bonds. The summed E-state index contributed by atoms with van der Waals surface area (Å²) in [5.41, 5.74) is 4.10. The van der Waals surface area contributed by atoms with Crippen molar-refractivity contribution in [3.8, 4) is 11.5 Å². The van der Waals surface area contributed by atoms with Gasteiger partial charge in [0.2, 0.25) is 0 Å². The Kier molecular flexibility index (Phi) is 8.16. The van der Waals surface area contributed by atoms with Crippen LogP contribution in [0, 0.1) is 0 Å². The van der Waals surface area contributed by atoms with Gasteiger partial charge in [-0.05, 0) is 65.4 Å². The molecular formula is C28H30BrNO6. The highest BCUT2D eigenvalue weighted by molar-refractivity contribution is 9.10. The number of rotatable bonds is 8. The first kappa shape index (κ1) is 26.0. The van der Waals surface area contributed by atoms with Gasteiger partial charge in [-0.15, -0.1) is 0 Å². The lowest BCUT2D eigenvalue weighted by Gasteiger charge is -2.37. The Morgan fingerprint density at radius 3 is 2.58 bits per heavy atom. The molecule has 1 aliphatic heterocycles. The van der Waals surface area contributed by atoms with Gasteiger partial charge in [-0.1, -0.05) is 30.3 Å². The number of nitrogens with one attached hydrogen (secondary N) is 1. The molecule has 1 heterocycles. The van der Waals surface area contributed by atoms with Crippen molar-refractivity contribution in [3.05, 3.63) is 80.6 Å². The van der Waals surface area contributed by atoms with Crippen LogP contribution in [0.3, 0.4) is 0 Å². The first-order valence-electron chi connectivity index (χ1n) is 12.0. The Hall–Kier alpha value is -3.10. The molecule has 190 valence electrons. The van der Waals surface area contributed by atoms with Crippen LogP contribution in [0.15, 0.2) is 69.5 Å². The van der Waals surface area contributed by atoms with E-state index in [1.54, 1.807) is 12.1 Å². The van der Waals surface area contributed by atoms with E-state index in [0.29, 0.717) is 46.3 Å². The van der Waals surface area contributed by atoms with Crippen molar-refractivity contribution in [2.24, 2.45) is 0 Å². The van der Waals surface area contributed by atoms with Gasteiger partial charge in [-0.3, -0.25) is 4.79 Å². The zero-order valence-electron chi connectivity index (χ0n) is 20.6. The van der Waals surface area contributed by atoms with Crippen LogP contribution in [0.5, 0.6) is 11.5 Å². The summed E-state index contributed by atoms with van der Waals surface area (Å²) in [6.45, 7) is 4.35. The summed E-state index contributed by atoms with van der Waals surface area (Å²) in [4.78, 5) is 27.0. The third kappa shape index (κ3) is 5.20. The number of ketones is 1. The summed E-state index contributed by atoms with van der Waals surface area (Å²) in [5, 5.41) is 13.8. The van der Waals surface area contributed by atoms with Gasteiger partial charge in [0.15, 0.2) is 17.3 Å². The van der Waals surface area contributed by atoms with Gasteiger partial charge in [0.05, 0.1) is 23.3 Å². The molecule has 0 bridgehead atoms. The van der Waals surface area contributed by atoms with Crippen molar-refractivity contribution in [3.63, 3.8) is 0 Å². The highest BCUT2D eigenvalue weighted by atomic mass is 79.9. The summed E-state index contributed by atoms with van der Waals surface area (Å²) >= 11 is 3.40. The van der Waals surface area contributed by atoms with E-state index in [-0.39, 0.29) is 36.4 Å². The van der Waals surface area contributed by atoms with Gasteiger partial charge >= 0.3 is 5.97 Å². The van der Waals surface area contributed by atoms with E-state index in [0.717, 1.165) is 11.3 Å². The number of benzene rings is 2. The third-order valence-electron chi connectivity index (χ3n) is 6.52. The van der Waals surface area contributed by atoms with Gasteiger partial charge < -0.3 is 24.6 Å². The number of aromatic hydroxyl groups is 1. The third-order valence-corrected chi connectivity index (χ3v) is 7.13. The minimum Gasteiger partial charge on any atom is -0.503 e. The molecule has 2 aromatic rings. The van der Waals surface area contributed by atoms with Gasteiger partial charge in [-0.2, -0.15) is 0 Å². The quantitative estimate of drug-likeness (QED) is 0.345. The summed E-state index contributed by atoms with van der Waals surface area (Å²) in [5.74, 6) is -0.936. The zero-order chi connectivity index (χ0) is 25.8. The van der Waals surface area contributed by atoms with Crippen molar-refractivity contribution in [2.75, 3.05) is 26.9 Å². The monoisotopic (exact) mass is 555 g/mol. The highest BCUT2D eigenvalue weighted by Gasteiger charge is 2.42. The van der Waals surface area contributed by atoms with Crippen LogP contribution in [0.2, 0.25) is 0 Å². The van der Waals surface area contributed by atoms with E-state index < -0.39 is 11.9 Å². The van der Waals surface area contributed by atoms with E-state index in [1.165, 1.54) is 7.11 Å². The Bertz CT molecular complexity index is 1220. The topological polar surface area (TPSA) is 94.1 Å². The number of ether oxygens (including phenoxy) is 3. The summed E-state index contributed by atoms with van der Waals surface area (Å²) in [6.07, 6.45) is 0.978. The molecule has 0 fully saturated rings. The van der Waals surface area contributed by atoms with Gasteiger partial charge in [-0.25, -0.2) is 4.79 Å². The van der Waals surface area contributed by atoms with E-state index in [4.69, 9.17) is 14.2 Å². The lowest BCUT2D eigenvalue weighted by atomic mass is 9.71. The Labute approximate surface area is 219 Å². The second kappa shape index (κ2) is 11.3. The summed E-state index contributed by atoms with van der Waals surface area (Å²) in [6, 6.07) is 13.4. The van der Waals surface area contributed by atoms with E-state index >= 15 is 0 Å². The molecule has 2 atom stereocenters. The predicted molar refractivity (Wildman–Crippen MR) is 139 cm³/mol. The maximum atomic E-state index is 13.7. The molecule has 4 rings (SSSR count). The minimum atomic E-state index is -0.670. The average molecular weight is 556 g/mol. The smallest absolute Gasteiger partial charge is 0.336 e. The van der Waals surface area contributed by atoms with Crippen molar-refractivity contribution in [2.45, 2.75) is 38.5 Å². The van der Waals surface area contributed by atoms with Crippen LogP contribution in [-0.2, 0) is 19.1 Å². The normalized spacial score (nSPS) is 19.6. The first-order valence-corrected chi connectivity index (χ1v) is 12.7. The van der Waals surface area contributed by atoms with Crippen LogP contribution in [0.25, 0.3) is 0 Å². The average Bonchev–Trinajstić information content (AvgIpc) is 2.86. The first-order chi connectivity index (χ1) is 17.3. The largest absolute Gasteiger partial charge is 0.503 e. The number of phenols is 1. The number of halogens is 1. The van der Waals surface area contributed by atoms with Crippen molar-refractivity contribution in [1.82, 2.24) is 5.32 Å².